The van der Waals surface area contributed by atoms with Crippen LogP contribution in [0.25, 0.3) is 0 Å². The molecular formula is C15H22N2O2. The van der Waals surface area contributed by atoms with Gasteiger partial charge >= 0.3 is 0 Å². The first-order chi connectivity index (χ1) is 9.31. The summed E-state index contributed by atoms with van der Waals surface area (Å²) in [6.07, 6.45) is 2.26. The zero-order valence-electron chi connectivity index (χ0n) is 11.5. The molecule has 0 aliphatic carbocycles. The van der Waals surface area contributed by atoms with Crippen LogP contribution in [-0.2, 0) is 0 Å². The molecule has 0 saturated carbocycles. The van der Waals surface area contributed by atoms with Gasteiger partial charge in [0.25, 0.3) is 0 Å². The van der Waals surface area contributed by atoms with E-state index in [-0.39, 0.29) is 6.61 Å². The first-order valence-electron chi connectivity index (χ1n) is 6.77. The molecule has 0 aromatic heterocycles. The molecule has 19 heavy (non-hydrogen) atoms. The molecule has 0 unspecified atom stereocenters. The molecule has 0 saturated heterocycles. The summed E-state index contributed by atoms with van der Waals surface area (Å²) in [6, 6.07) is 9.35. The molecule has 4 nitrogen and oxygen atoms in total. The van der Waals surface area contributed by atoms with Crippen LogP contribution in [0, 0.1) is 11.3 Å². The van der Waals surface area contributed by atoms with Crippen molar-refractivity contribution in [3.8, 4) is 11.8 Å². The predicted octanol–water partition coefficient (Wildman–Crippen LogP) is 2.03. The van der Waals surface area contributed by atoms with Gasteiger partial charge in [0.15, 0.2) is 0 Å². The average Bonchev–Trinajstić information content (AvgIpc) is 2.45. The Labute approximate surface area is 115 Å². The van der Waals surface area contributed by atoms with Gasteiger partial charge in [-0.25, -0.2) is 0 Å². The van der Waals surface area contributed by atoms with Crippen LogP contribution in [0.15, 0.2) is 24.3 Å². The number of aliphatic hydroxyl groups excluding tert-OH is 1. The summed E-state index contributed by atoms with van der Waals surface area (Å²) in [5, 5.41) is 18.0. The fourth-order valence-electron chi connectivity index (χ4n) is 1.83. The summed E-state index contributed by atoms with van der Waals surface area (Å²) >= 11 is 0. The number of hydrogen-bond donors (Lipinski definition) is 1. The Bertz CT molecular complexity index is 401. The van der Waals surface area contributed by atoms with Crippen molar-refractivity contribution < 1.29 is 9.84 Å². The molecule has 0 spiro atoms. The molecule has 1 N–H and O–H groups in total. The minimum Gasteiger partial charge on any atom is -0.491 e. The van der Waals surface area contributed by atoms with Gasteiger partial charge in [0, 0.05) is 13.1 Å². The average molecular weight is 262 g/mol. The molecule has 0 aliphatic rings. The Morgan fingerprint density at radius 3 is 2.74 bits per heavy atom. The largest absolute Gasteiger partial charge is 0.491 e. The van der Waals surface area contributed by atoms with E-state index in [1.165, 1.54) is 0 Å². The molecule has 4 heteroatoms. The van der Waals surface area contributed by atoms with Gasteiger partial charge < -0.3 is 9.84 Å². The number of aliphatic hydroxyl groups is 1. The van der Waals surface area contributed by atoms with Crippen molar-refractivity contribution in [2.75, 3.05) is 32.8 Å². The van der Waals surface area contributed by atoms with Crippen molar-refractivity contribution in [2.24, 2.45) is 0 Å². The third-order valence-electron chi connectivity index (χ3n) is 2.92. The summed E-state index contributed by atoms with van der Waals surface area (Å²) in [6.45, 7) is 5.25. The number of hydrogen-bond acceptors (Lipinski definition) is 4. The van der Waals surface area contributed by atoms with E-state index in [0.717, 1.165) is 25.9 Å². The number of para-hydroxylation sites is 1. The Balaban J connectivity index is 2.40. The van der Waals surface area contributed by atoms with Gasteiger partial charge in [0.2, 0.25) is 0 Å². The SMILES string of the molecule is CCCCN(CCO)CCOc1ccccc1C#N. The lowest BCUT2D eigenvalue weighted by atomic mass is 10.2. The first-order valence-corrected chi connectivity index (χ1v) is 6.77. The summed E-state index contributed by atoms with van der Waals surface area (Å²) in [5.41, 5.74) is 0.560. The number of rotatable bonds is 9. The van der Waals surface area contributed by atoms with Crippen molar-refractivity contribution in [2.45, 2.75) is 19.8 Å². The highest BCUT2D eigenvalue weighted by molar-refractivity contribution is 5.42. The summed E-state index contributed by atoms with van der Waals surface area (Å²) < 4.78 is 5.64. The smallest absolute Gasteiger partial charge is 0.137 e. The van der Waals surface area contributed by atoms with Crippen LogP contribution in [0.2, 0.25) is 0 Å². The van der Waals surface area contributed by atoms with E-state index in [9.17, 15) is 0 Å². The van der Waals surface area contributed by atoms with Crippen LogP contribution in [0.1, 0.15) is 25.3 Å². The Kier molecular flexibility index (Phi) is 7.64. The van der Waals surface area contributed by atoms with E-state index in [2.05, 4.69) is 17.9 Å². The lowest BCUT2D eigenvalue weighted by Crippen LogP contribution is -2.32. The lowest BCUT2D eigenvalue weighted by molar-refractivity contribution is 0.167. The maximum absolute atomic E-state index is 9.01. The molecule has 0 amide bonds. The predicted molar refractivity (Wildman–Crippen MR) is 75.1 cm³/mol. The molecular weight excluding hydrogens is 240 g/mol. The van der Waals surface area contributed by atoms with Crippen molar-refractivity contribution in [3.63, 3.8) is 0 Å². The second-order valence-corrected chi connectivity index (χ2v) is 4.38. The van der Waals surface area contributed by atoms with Crippen LogP contribution < -0.4 is 4.74 Å². The molecule has 0 atom stereocenters. The molecule has 0 heterocycles. The van der Waals surface area contributed by atoms with Gasteiger partial charge in [-0.15, -0.1) is 0 Å². The second-order valence-electron chi connectivity index (χ2n) is 4.38. The minimum absolute atomic E-state index is 0.165. The highest BCUT2D eigenvalue weighted by Crippen LogP contribution is 2.16. The Morgan fingerprint density at radius 1 is 1.26 bits per heavy atom. The Morgan fingerprint density at radius 2 is 2.05 bits per heavy atom. The number of ether oxygens (including phenoxy) is 1. The van der Waals surface area contributed by atoms with Crippen LogP contribution >= 0.6 is 0 Å². The second kappa shape index (κ2) is 9.37. The third-order valence-corrected chi connectivity index (χ3v) is 2.92. The minimum atomic E-state index is 0.165. The standard InChI is InChI=1S/C15H22N2O2/c1-2-3-8-17(9-11-18)10-12-19-15-7-5-4-6-14(15)13-16/h4-7,18H,2-3,8-12H2,1H3. The van der Waals surface area contributed by atoms with Crippen LogP contribution in [0.5, 0.6) is 5.75 Å². The lowest BCUT2D eigenvalue weighted by Gasteiger charge is -2.21. The molecule has 0 bridgehead atoms. The topological polar surface area (TPSA) is 56.5 Å². The normalized spacial score (nSPS) is 10.4. The number of nitrogens with zero attached hydrogens (tertiary/aromatic N) is 2. The monoisotopic (exact) mass is 262 g/mol. The van der Waals surface area contributed by atoms with Gasteiger partial charge in [-0.05, 0) is 25.1 Å². The zero-order chi connectivity index (χ0) is 13.9. The van der Waals surface area contributed by atoms with Gasteiger partial charge in [0.1, 0.15) is 18.4 Å². The number of benzene rings is 1. The first kappa shape index (κ1) is 15.5. The summed E-state index contributed by atoms with van der Waals surface area (Å²) in [5.74, 6) is 0.629. The highest BCUT2D eigenvalue weighted by atomic mass is 16.5. The maximum atomic E-state index is 9.01. The quantitative estimate of drug-likeness (QED) is 0.740. The zero-order valence-corrected chi connectivity index (χ0v) is 11.5. The Hall–Kier alpha value is -1.57. The van der Waals surface area contributed by atoms with Crippen molar-refractivity contribution in [1.29, 1.82) is 5.26 Å². The van der Waals surface area contributed by atoms with Gasteiger partial charge in [0.05, 0.1) is 12.2 Å². The van der Waals surface area contributed by atoms with Gasteiger partial charge in [-0.1, -0.05) is 25.5 Å². The van der Waals surface area contributed by atoms with E-state index in [1.54, 1.807) is 12.1 Å². The molecule has 1 rings (SSSR count). The van der Waals surface area contributed by atoms with Crippen LogP contribution in [-0.4, -0.2) is 42.9 Å². The van der Waals surface area contributed by atoms with Crippen molar-refractivity contribution in [3.05, 3.63) is 29.8 Å². The highest BCUT2D eigenvalue weighted by Gasteiger charge is 2.05. The van der Waals surface area contributed by atoms with Crippen molar-refractivity contribution >= 4 is 0 Å². The summed E-state index contributed by atoms with van der Waals surface area (Å²) in [7, 11) is 0. The van der Waals surface area contributed by atoms with Crippen LogP contribution in [0.3, 0.4) is 0 Å². The third kappa shape index (κ3) is 5.73. The van der Waals surface area contributed by atoms with Crippen molar-refractivity contribution in [1.82, 2.24) is 4.90 Å². The van der Waals surface area contributed by atoms with Gasteiger partial charge in [-0.2, -0.15) is 5.26 Å². The van der Waals surface area contributed by atoms with Crippen LogP contribution in [0.4, 0.5) is 0 Å². The van der Waals surface area contributed by atoms with E-state index < -0.39 is 0 Å². The fraction of sp³-hybridized carbons (Fsp3) is 0.533. The number of unbranched alkanes of at least 4 members (excludes halogenated alkanes) is 1. The van der Waals surface area contributed by atoms with E-state index >= 15 is 0 Å². The van der Waals surface area contributed by atoms with Gasteiger partial charge in [-0.3, -0.25) is 4.90 Å². The van der Waals surface area contributed by atoms with E-state index in [1.807, 2.05) is 12.1 Å². The molecule has 0 fully saturated rings. The maximum Gasteiger partial charge on any atom is 0.137 e. The summed E-state index contributed by atoms with van der Waals surface area (Å²) in [4.78, 5) is 2.18. The van der Waals surface area contributed by atoms with E-state index in [0.29, 0.717) is 24.5 Å². The molecule has 104 valence electrons. The molecule has 0 aliphatic heterocycles. The molecule has 0 radical (unpaired) electrons. The molecule has 1 aromatic carbocycles. The molecule has 1 aromatic rings. The number of nitriles is 1. The van der Waals surface area contributed by atoms with E-state index in [4.69, 9.17) is 15.1 Å². The fourth-order valence-corrected chi connectivity index (χ4v) is 1.83.